The molecule has 152 valence electrons. The molecule has 0 spiro atoms. The first-order valence-corrected chi connectivity index (χ1v) is 10.4. The van der Waals surface area contributed by atoms with E-state index >= 15 is 0 Å². The number of aromatic amines is 1. The zero-order valence-corrected chi connectivity index (χ0v) is 16.2. The van der Waals surface area contributed by atoms with E-state index in [0.29, 0.717) is 16.6 Å². The molecule has 4 aromatic rings. The quantitative estimate of drug-likeness (QED) is 0.471. The number of rotatable bonds is 5. The van der Waals surface area contributed by atoms with Crippen LogP contribution in [0, 0.1) is 11.6 Å². The fourth-order valence-electron chi connectivity index (χ4n) is 2.91. The highest BCUT2D eigenvalue weighted by molar-refractivity contribution is 7.92. The second-order valence-corrected chi connectivity index (χ2v) is 8.16. The summed E-state index contributed by atoms with van der Waals surface area (Å²) in [5.74, 6) is -3.34. The number of H-pyrrole nitrogens is 1. The topological polar surface area (TPSA) is 118 Å². The first-order valence-electron chi connectivity index (χ1n) is 8.49. The van der Waals surface area contributed by atoms with Crippen molar-refractivity contribution in [2.75, 3.05) is 11.0 Å². The third-order valence-electron chi connectivity index (χ3n) is 4.27. The number of hydrogen-bond acceptors (Lipinski definition) is 6. The van der Waals surface area contributed by atoms with Crippen LogP contribution in [0.3, 0.4) is 0 Å². The van der Waals surface area contributed by atoms with Crippen molar-refractivity contribution in [2.24, 2.45) is 0 Å². The summed E-state index contributed by atoms with van der Waals surface area (Å²) in [6, 6.07) is 6.91. The van der Waals surface area contributed by atoms with Crippen LogP contribution in [0.15, 0.2) is 48.9 Å². The maximum absolute atomic E-state index is 14.8. The van der Waals surface area contributed by atoms with E-state index in [2.05, 4.69) is 20.2 Å². The number of pyridine rings is 2. The Hall–Kier alpha value is -3.73. The molecule has 0 aliphatic rings. The van der Waals surface area contributed by atoms with Crippen molar-refractivity contribution < 1.29 is 22.0 Å². The number of ketones is 1. The number of nitrogens with one attached hydrogen (secondary N) is 2. The minimum absolute atomic E-state index is 0.135. The first-order chi connectivity index (χ1) is 14.2. The molecule has 30 heavy (non-hydrogen) atoms. The second kappa shape index (κ2) is 7.26. The molecule has 0 amide bonds. The Kier molecular flexibility index (Phi) is 4.74. The van der Waals surface area contributed by atoms with Gasteiger partial charge in [0.15, 0.2) is 11.5 Å². The average Bonchev–Trinajstić information content (AvgIpc) is 3.14. The maximum atomic E-state index is 14.8. The third-order valence-corrected chi connectivity index (χ3v) is 4.84. The van der Waals surface area contributed by atoms with Gasteiger partial charge >= 0.3 is 0 Å². The fourth-order valence-corrected chi connectivity index (χ4v) is 3.47. The predicted octanol–water partition coefficient (Wildman–Crippen LogP) is 2.90. The number of halogens is 2. The van der Waals surface area contributed by atoms with Gasteiger partial charge in [-0.1, -0.05) is 0 Å². The minimum Gasteiger partial charge on any atom is -0.287 e. The number of anilines is 1. The summed E-state index contributed by atoms with van der Waals surface area (Å²) in [7, 11) is -3.97. The van der Waals surface area contributed by atoms with Gasteiger partial charge in [0.25, 0.3) is 0 Å². The van der Waals surface area contributed by atoms with Gasteiger partial charge in [0.1, 0.15) is 17.2 Å². The lowest BCUT2D eigenvalue weighted by atomic mass is 10.0. The van der Waals surface area contributed by atoms with E-state index in [1.165, 1.54) is 0 Å². The standard InChI is InChI=1S/C19H13F2N5O3S/c1-30(28,29)26-17-14(20)3-2-12(15(17)21)18(27)16-13-8-11(9-23-19(13)25-24-16)10-4-6-22-7-5-10/h2-9,26H,1H3,(H,23,24,25). The van der Waals surface area contributed by atoms with Crippen LogP contribution in [-0.2, 0) is 10.0 Å². The van der Waals surface area contributed by atoms with Crippen LogP contribution in [0.5, 0.6) is 0 Å². The van der Waals surface area contributed by atoms with Gasteiger partial charge in [0.2, 0.25) is 15.8 Å². The largest absolute Gasteiger partial charge is 0.287 e. The molecule has 0 atom stereocenters. The van der Waals surface area contributed by atoms with Crippen molar-refractivity contribution in [2.45, 2.75) is 0 Å². The van der Waals surface area contributed by atoms with Gasteiger partial charge in [0.05, 0.1) is 17.2 Å². The molecule has 0 aliphatic heterocycles. The number of aromatic nitrogens is 4. The molecule has 8 nitrogen and oxygen atoms in total. The molecule has 0 saturated heterocycles. The summed E-state index contributed by atoms with van der Waals surface area (Å²) in [4.78, 5) is 21.1. The second-order valence-electron chi connectivity index (χ2n) is 6.42. The monoisotopic (exact) mass is 429 g/mol. The van der Waals surface area contributed by atoms with E-state index in [1.807, 2.05) is 0 Å². The summed E-state index contributed by atoms with van der Waals surface area (Å²) in [5.41, 5.74) is 0.174. The molecule has 0 radical (unpaired) electrons. The predicted molar refractivity (Wildman–Crippen MR) is 105 cm³/mol. The number of sulfonamides is 1. The van der Waals surface area contributed by atoms with Crippen molar-refractivity contribution in [3.63, 3.8) is 0 Å². The van der Waals surface area contributed by atoms with E-state index in [-0.39, 0.29) is 5.69 Å². The Morgan fingerprint density at radius 2 is 1.83 bits per heavy atom. The number of hydrogen-bond donors (Lipinski definition) is 2. The number of fused-ring (bicyclic) bond motifs is 1. The van der Waals surface area contributed by atoms with Crippen LogP contribution in [0.25, 0.3) is 22.2 Å². The van der Waals surface area contributed by atoms with E-state index in [4.69, 9.17) is 0 Å². The minimum atomic E-state index is -3.97. The Morgan fingerprint density at radius 3 is 2.53 bits per heavy atom. The lowest BCUT2D eigenvalue weighted by Crippen LogP contribution is -2.15. The molecule has 0 saturated carbocycles. The Labute approximate surface area is 169 Å². The smallest absolute Gasteiger partial charge is 0.230 e. The molecule has 1 aromatic carbocycles. The van der Waals surface area contributed by atoms with Crippen LogP contribution in [0.2, 0.25) is 0 Å². The highest BCUT2D eigenvalue weighted by atomic mass is 32.2. The van der Waals surface area contributed by atoms with Crippen molar-refractivity contribution in [1.82, 2.24) is 20.2 Å². The normalized spacial score (nSPS) is 11.6. The molecule has 0 fully saturated rings. The van der Waals surface area contributed by atoms with Gasteiger partial charge in [-0.25, -0.2) is 22.2 Å². The van der Waals surface area contributed by atoms with Crippen molar-refractivity contribution in [1.29, 1.82) is 0 Å². The van der Waals surface area contributed by atoms with Crippen molar-refractivity contribution in [3.8, 4) is 11.1 Å². The summed E-state index contributed by atoms with van der Waals surface area (Å²) in [6.45, 7) is 0. The Morgan fingerprint density at radius 1 is 1.10 bits per heavy atom. The molecule has 3 aromatic heterocycles. The number of nitrogens with zero attached hydrogens (tertiary/aromatic N) is 3. The Bertz CT molecular complexity index is 1390. The fraction of sp³-hybridized carbons (Fsp3) is 0.0526. The molecule has 2 N–H and O–H groups in total. The first kappa shape index (κ1) is 19.6. The van der Waals surface area contributed by atoms with Crippen LogP contribution < -0.4 is 4.72 Å². The summed E-state index contributed by atoms with van der Waals surface area (Å²) < 4.78 is 53.3. The maximum Gasteiger partial charge on any atom is 0.230 e. The van der Waals surface area contributed by atoms with Gasteiger partial charge in [-0.05, 0) is 35.9 Å². The molecule has 3 heterocycles. The molecule has 4 rings (SSSR count). The van der Waals surface area contributed by atoms with E-state index in [1.54, 1.807) is 41.5 Å². The third kappa shape index (κ3) is 3.62. The summed E-state index contributed by atoms with van der Waals surface area (Å²) in [6.07, 6.45) is 5.53. The molecular weight excluding hydrogens is 416 g/mol. The van der Waals surface area contributed by atoms with Crippen molar-refractivity contribution >= 4 is 32.5 Å². The number of carbonyl (C=O) groups excluding carboxylic acids is 1. The average molecular weight is 429 g/mol. The lowest BCUT2D eigenvalue weighted by Gasteiger charge is -2.09. The molecule has 0 aliphatic carbocycles. The Balaban J connectivity index is 1.82. The van der Waals surface area contributed by atoms with Crippen molar-refractivity contribution in [3.05, 3.63) is 71.8 Å². The molecular formula is C19H13F2N5O3S. The van der Waals surface area contributed by atoms with Gasteiger partial charge in [-0.2, -0.15) is 5.10 Å². The van der Waals surface area contributed by atoms with Gasteiger partial charge in [0, 0.05) is 24.2 Å². The molecule has 0 unspecified atom stereocenters. The lowest BCUT2D eigenvalue weighted by molar-refractivity contribution is 0.103. The number of carbonyl (C=O) groups is 1. The summed E-state index contributed by atoms with van der Waals surface area (Å²) in [5, 5.41) is 6.85. The highest BCUT2D eigenvalue weighted by Gasteiger charge is 2.25. The van der Waals surface area contributed by atoms with Crippen LogP contribution in [0.4, 0.5) is 14.5 Å². The van der Waals surface area contributed by atoms with Crippen LogP contribution in [-0.4, -0.2) is 40.6 Å². The van der Waals surface area contributed by atoms with E-state index in [9.17, 15) is 22.0 Å². The van der Waals surface area contributed by atoms with E-state index in [0.717, 1.165) is 24.0 Å². The zero-order chi connectivity index (χ0) is 21.5. The van der Waals surface area contributed by atoms with E-state index < -0.39 is 38.7 Å². The summed E-state index contributed by atoms with van der Waals surface area (Å²) >= 11 is 0. The van der Waals surface area contributed by atoms with Gasteiger partial charge < -0.3 is 0 Å². The van der Waals surface area contributed by atoms with Gasteiger partial charge in [-0.3, -0.25) is 19.6 Å². The number of benzene rings is 1. The SMILES string of the molecule is CS(=O)(=O)Nc1c(F)ccc(C(=O)c2n[nH]c3ncc(-c4ccncc4)cc23)c1F. The highest BCUT2D eigenvalue weighted by Crippen LogP contribution is 2.28. The molecule has 11 heteroatoms. The van der Waals surface area contributed by atoms with Gasteiger partial charge in [-0.15, -0.1) is 0 Å². The van der Waals surface area contributed by atoms with Crippen LogP contribution >= 0.6 is 0 Å². The zero-order valence-electron chi connectivity index (χ0n) is 15.3. The molecule has 0 bridgehead atoms. The van der Waals surface area contributed by atoms with Crippen LogP contribution in [0.1, 0.15) is 16.1 Å².